The number of carbonyl (C=O) groups excluding carboxylic acids is 2. The van der Waals surface area contributed by atoms with Gasteiger partial charge in [-0.05, 0) is 38.0 Å². The van der Waals surface area contributed by atoms with Crippen LogP contribution in [0.3, 0.4) is 0 Å². The average Bonchev–Trinajstić information content (AvgIpc) is 2.53. The van der Waals surface area contributed by atoms with E-state index in [1.165, 1.54) is 13.2 Å². The van der Waals surface area contributed by atoms with E-state index in [1.54, 1.807) is 26.0 Å². The summed E-state index contributed by atoms with van der Waals surface area (Å²) in [5, 5.41) is 15.2. The zero-order chi connectivity index (χ0) is 17.9. The molecule has 0 spiro atoms. The molecule has 2 amide bonds. The Morgan fingerprint density at radius 3 is 2.71 bits per heavy atom. The van der Waals surface area contributed by atoms with Gasteiger partial charge in [0.1, 0.15) is 0 Å². The second kappa shape index (κ2) is 7.25. The minimum absolute atomic E-state index is 0.0740. The van der Waals surface area contributed by atoms with Crippen molar-refractivity contribution in [3.05, 3.63) is 35.0 Å². The van der Waals surface area contributed by atoms with Crippen LogP contribution < -0.4 is 15.4 Å². The first kappa shape index (κ1) is 17.7. The Morgan fingerprint density at radius 1 is 1.42 bits per heavy atom. The number of urea groups is 1. The van der Waals surface area contributed by atoms with Gasteiger partial charge in [-0.25, -0.2) is 9.59 Å². The van der Waals surface area contributed by atoms with E-state index in [2.05, 4.69) is 10.6 Å². The molecule has 0 fully saturated rings. The van der Waals surface area contributed by atoms with Gasteiger partial charge in [-0.2, -0.15) is 0 Å². The number of nitrogens with one attached hydrogen (secondary N) is 2. The Balaban J connectivity index is 2.41. The number of aromatic hydroxyl groups is 1. The third kappa shape index (κ3) is 3.61. The Bertz CT molecular complexity index is 684. The van der Waals surface area contributed by atoms with Crippen molar-refractivity contribution < 1.29 is 24.2 Å². The summed E-state index contributed by atoms with van der Waals surface area (Å²) in [4.78, 5) is 24.3. The number of allylic oxidation sites excluding steroid dienone is 1. The van der Waals surface area contributed by atoms with Crippen molar-refractivity contribution in [1.29, 1.82) is 0 Å². The summed E-state index contributed by atoms with van der Waals surface area (Å²) in [5.74, 6) is -0.270. The Hall–Kier alpha value is -2.70. The van der Waals surface area contributed by atoms with Crippen molar-refractivity contribution in [2.45, 2.75) is 39.3 Å². The summed E-state index contributed by atoms with van der Waals surface area (Å²) in [5.41, 5.74) is 1.28. The van der Waals surface area contributed by atoms with Crippen LogP contribution in [0.1, 0.15) is 38.8 Å². The zero-order valence-electron chi connectivity index (χ0n) is 14.2. The molecule has 3 N–H and O–H groups in total. The average molecular weight is 334 g/mol. The molecule has 130 valence electrons. The number of esters is 1. The SMILES string of the molecule is CCC(C)OC(=O)C1=C(C)NC(=O)NC1c1ccc(OC)c(O)c1. The second-order valence-electron chi connectivity index (χ2n) is 5.63. The molecule has 1 heterocycles. The number of carbonyl (C=O) groups is 2. The highest BCUT2D eigenvalue weighted by atomic mass is 16.5. The first-order valence-electron chi connectivity index (χ1n) is 7.73. The minimum atomic E-state index is -0.716. The third-order valence-electron chi connectivity index (χ3n) is 3.91. The van der Waals surface area contributed by atoms with Crippen LogP contribution in [-0.2, 0) is 9.53 Å². The quantitative estimate of drug-likeness (QED) is 0.718. The monoisotopic (exact) mass is 334 g/mol. The molecule has 0 saturated carbocycles. The van der Waals surface area contributed by atoms with Gasteiger partial charge in [-0.3, -0.25) is 0 Å². The second-order valence-corrected chi connectivity index (χ2v) is 5.63. The smallest absolute Gasteiger partial charge is 0.338 e. The van der Waals surface area contributed by atoms with Crippen LogP contribution in [0.2, 0.25) is 0 Å². The van der Waals surface area contributed by atoms with E-state index in [0.29, 0.717) is 29.0 Å². The van der Waals surface area contributed by atoms with Crippen molar-refractivity contribution in [3.8, 4) is 11.5 Å². The molecule has 24 heavy (non-hydrogen) atoms. The number of hydrogen-bond acceptors (Lipinski definition) is 5. The number of phenols is 1. The maximum Gasteiger partial charge on any atom is 0.338 e. The van der Waals surface area contributed by atoms with Crippen LogP contribution in [0.15, 0.2) is 29.5 Å². The number of amides is 2. The molecule has 2 unspecified atom stereocenters. The van der Waals surface area contributed by atoms with E-state index in [0.717, 1.165) is 0 Å². The molecule has 0 radical (unpaired) electrons. The molecule has 0 aromatic heterocycles. The van der Waals surface area contributed by atoms with Crippen LogP contribution >= 0.6 is 0 Å². The van der Waals surface area contributed by atoms with Crippen LogP contribution in [0.25, 0.3) is 0 Å². The van der Waals surface area contributed by atoms with Crippen molar-refractivity contribution in [3.63, 3.8) is 0 Å². The van der Waals surface area contributed by atoms with Gasteiger partial charge in [0.05, 0.1) is 24.8 Å². The van der Waals surface area contributed by atoms with Gasteiger partial charge in [-0.15, -0.1) is 0 Å². The van der Waals surface area contributed by atoms with E-state index in [9.17, 15) is 14.7 Å². The molecule has 1 aliphatic heterocycles. The minimum Gasteiger partial charge on any atom is -0.504 e. The van der Waals surface area contributed by atoms with Crippen molar-refractivity contribution in [1.82, 2.24) is 10.6 Å². The highest BCUT2D eigenvalue weighted by Crippen LogP contribution is 2.33. The molecule has 1 aliphatic rings. The number of benzene rings is 1. The van der Waals surface area contributed by atoms with E-state index in [-0.39, 0.29) is 11.9 Å². The first-order chi connectivity index (χ1) is 11.4. The van der Waals surface area contributed by atoms with Crippen LogP contribution in [-0.4, -0.2) is 30.3 Å². The normalized spacial score (nSPS) is 18.5. The summed E-state index contributed by atoms with van der Waals surface area (Å²) in [7, 11) is 1.44. The van der Waals surface area contributed by atoms with Crippen molar-refractivity contribution in [2.24, 2.45) is 0 Å². The summed E-state index contributed by atoms with van der Waals surface area (Å²) in [6.45, 7) is 5.36. The molecule has 0 bridgehead atoms. The lowest BCUT2D eigenvalue weighted by atomic mass is 9.95. The molecule has 2 atom stereocenters. The predicted octanol–water partition coefficient (Wildman–Crippen LogP) is 2.37. The third-order valence-corrected chi connectivity index (χ3v) is 3.91. The lowest BCUT2D eigenvalue weighted by Gasteiger charge is -2.29. The van der Waals surface area contributed by atoms with Gasteiger partial charge >= 0.3 is 12.0 Å². The number of phenolic OH excluding ortho intramolecular Hbond substituents is 1. The summed E-state index contributed by atoms with van der Waals surface area (Å²) in [6, 6.07) is 3.57. The van der Waals surface area contributed by atoms with E-state index in [4.69, 9.17) is 9.47 Å². The topological polar surface area (TPSA) is 96.9 Å². The van der Waals surface area contributed by atoms with Gasteiger partial charge in [0.25, 0.3) is 0 Å². The molecule has 7 nitrogen and oxygen atoms in total. The maximum absolute atomic E-state index is 12.5. The van der Waals surface area contributed by atoms with E-state index in [1.807, 2.05) is 6.92 Å². The molecule has 0 saturated heterocycles. The van der Waals surface area contributed by atoms with Gasteiger partial charge in [-0.1, -0.05) is 13.0 Å². The van der Waals surface area contributed by atoms with E-state index >= 15 is 0 Å². The number of rotatable bonds is 5. The molecule has 2 rings (SSSR count). The fraction of sp³-hybridized carbons (Fsp3) is 0.412. The number of hydrogen-bond donors (Lipinski definition) is 3. The van der Waals surface area contributed by atoms with Crippen LogP contribution in [0, 0.1) is 0 Å². The van der Waals surface area contributed by atoms with Crippen molar-refractivity contribution >= 4 is 12.0 Å². The largest absolute Gasteiger partial charge is 0.504 e. The van der Waals surface area contributed by atoms with E-state index < -0.39 is 18.0 Å². The lowest BCUT2D eigenvalue weighted by Crippen LogP contribution is -2.45. The summed E-state index contributed by atoms with van der Waals surface area (Å²) >= 11 is 0. The number of methoxy groups -OCH3 is 1. The molecule has 0 aliphatic carbocycles. The lowest BCUT2D eigenvalue weighted by molar-refractivity contribution is -0.144. The molecular weight excluding hydrogens is 312 g/mol. The first-order valence-corrected chi connectivity index (χ1v) is 7.73. The molecular formula is C17H22N2O5. The molecule has 1 aromatic rings. The molecule has 1 aromatic carbocycles. The van der Waals surface area contributed by atoms with Crippen molar-refractivity contribution in [2.75, 3.05) is 7.11 Å². The Labute approximate surface area is 140 Å². The summed E-state index contributed by atoms with van der Waals surface area (Å²) in [6.07, 6.45) is 0.451. The van der Waals surface area contributed by atoms with Gasteiger partial charge in [0.2, 0.25) is 0 Å². The standard InChI is InChI=1S/C17H22N2O5/c1-5-9(2)24-16(21)14-10(3)18-17(22)19-15(14)11-6-7-13(23-4)12(20)8-11/h6-9,15,20H,5H2,1-4H3,(H2,18,19,22). The zero-order valence-corrected chi connectivity index (χ0v) is 14.2. The van der Waals surface area contributed by atoms with Gasteiger partial charge in [0, 0.05) is 5.70 Å². The summed E-state index contributed by atoms with van der Waals surface area (Å²) < 4.78 is 10.4. The number of ether oxygens (including phenoxy) is 2. The fourth-order valence-electron chi connectivity index (χ4n) is 2.43. The fourth-order valence-corrected chi connectivity index (χ4v) is 2.43. The Morgan fingerprint density at radius 2 is 2.12 bits per heavy atom. The Kier molecular flexibility index (Phi) is 5.33. The maximum atomic E-state index is 12.5. The molecule has 7 heteroatoms. The predicted molar refractivity (Wildman–Crippen MR) is 87.6 cm³/mol. The highest BCUT2D eigenvalue weighted by molar-refractivity contribution is 5.95. The highest BCUT2D eigenvalue weighted by Gasteiger charge is 2.33. The van der Waals surface area contributed by atoms with Gasteiger partial charge < -0.3 is 25.2 Å². The van der Waals surface area contributed by atoms with Crippen LogP contribution in [0.4, 0.5) is 4.79 Å². The van der Waals surface area contributed by atoms with Crippen LogP contribution in [0.5, 0.6) is 11.5 Å². The van der Waals surface area contributed by atoms with Gasteiger partial charge in [0.15, 0.2) is 11.5 Å².